The van der Waals surface area contributed by atoms with Gasteiger partial charge in [0.25, 0.3) is 0 Å². The first-order chi connectivity index (χ1) is 23.9. The topological polar surface area (TPSA) is 153 Å². The molecule has 2 aliphatic rings. The van der Waals surface area contributed by atoms with E-state index in [0.29, 0.717) is 32.5 Å². The van der Waals surface area contributed by atoms with Gasteiger partial charge >= 0.3 is 0 Å². The zero-order chi connectivity index (χ0) is 34.0. The molecule has 0 unspecified atom stereocenters. The van der Waals surface area contributed by atoms with Gasteiger partial charge in [-0.1, -0.05) is 78.9 Å². The Balaban J connectivity index is 1.32. The third kappa shape index (κ3) is 9.33. The number of aromatic nitrogens is 1. The average Bonchev–Trinajstić information content (AvgIpc) is 3.53. The van der Waals surface area contributed by atoms with Crippen molar-refractivity contribution in [2.24, 2.45) is 0 Å². The predicted molar refractivity (Wildman–Crippen MR) is 186 cm³/mol. The van der Waals surface area contributed by atoms with Crippen molar-refractivity contribution < 1.29 is 23.9 Å². The molecule has 3 aromatic carbocycles. The summed E-state index contributed by atoms with van der Waals surface area (Å²) in [7, 11) is 0. The Morgan fingerprint density at radius 1 is 0.673 bits per heavy atom. The Morgan fingerprint density at radius 3 is 2.02 bits per heavy atom. The SMILES string of the molecule is O=C1C[C@H](NC2CCOCC2)C(=O)N[C@@H](Cc2c[nH]c3ccccc23)C(=O)N[C@@H](Cc2ccccc2)C(=O)N[C@H](Cc2ccccc2)CN1. The zero-order valence-corrected chi connectivity index (χ0v) is 27.5. The van der Waals surface area contributed by atoms with E-state index in [0.717, 1.165) is 27.6 Å². The van der Waals surface area contributed by atoms with Gasteiger partial charge in [-0.2, -0.15) is 0 Å². The first-order valence-electron chi connectivity index (χ1n) is 17.1. The molecule has 49 heavy (non-hydrogen) atoms. The number of amides is 4. The Hall–Kier alpha value is -5.00. The molecule has 3 heterocycles. The van der Waals surface area contributed by atoms with Crippen LogP contribution in [0.4, 0.5) is 0 Å². The summed E-state index contributed by atoms with van der Waals surface area (Å²) in [6.45, 7) is 1.28. The van der Waals surface area contributed by atoms with E-state index in [1.165, 1.54) is 0 Å². The maximum atomic E-state index is 14.2. The number of hydrogen-bond acceptors (Lipinski definition) is 6. The highest BCUT2D eigenvalue weighted by Crippen LogP contribution is 2.20. The van der Waals surface area contributed by atoms with E-state index < -0.39 is 36.0 Å². The number of ether oxygens (including phenoxy) is 1. The summed E-state index contributed by atoms with van der Waals surface area (Å²) in [4.78, 5) is 59.0. The van der Waals surface area contributed by atoms with Gasteiger partial charge in [0, 0.05) is 55.7 Å². The van der Waals surface area contributed by atoms with Crippen molar-refractivity contribution in [1.82, 2.24) is 31.6 Å². The van der Waals surface area contributed by atoms with Crippen molar-refractivity contribution in [2.75, 3.05) is 19.8 Å². The van der Waals surface area contributed by atoms with Crippen LogP contribution in [0, 0.1) is 0 Å². The third-order valence-electron chi connectivity index (χ3n) is 9.23. The Morgan fingerprint density at radius 2 is 1.29 bits per heavy atom. The van der Waals surface area contributed by atoms with Crippen LogP contribution in [0.3, 0.4) is 0 Å². The number of carbonyl (C=O) groups is 4. The van der Waals surface area contributed by atoms with E-state index in [9.17, 15) is 19.2 Å². The lowest BCUT2D eigenvalue weighted by atomic mass is 10.00. The number of H-pyrrole nitrogens is 1. The Bertz CT molecular complexity index is 1720. The van der Waals surface area contributed by atoms with Crippen LogP contribution in [0.2, 0.25) is 0 Å². The Kier molecular flexibility index (Phi) is 11.3. The largest absolute Gasteiger partial charge is 0.381 e. The quantitative estimate of drug-likeness (QED) is 0.170. The van der Waals surface area contributed by atoms with E-state index in [2.05, 4.69) is 31.6 Å². The molecule has 256 valence electrons. The summed E-state index contributed by atoms with van der Waals surface area (Å²) in [6, 6.07) is 23.6. The van der Waals surface area contributed by atoms with Crippen molar-refractivity contribution in [2.45, 2.75) is 68.7 Å². The second kappa shape index (κ2) is 16.4. The summed E-state index contributed by atoms with van der Waals surface area (Å²) in [5, 5.41) is 16.3. The molecule has 4 amide bonds. The number of nitrogens with one attached hydrogen (secondary N) is 6. The van der Waals surface area contributed by atoms with Gasteiger partial charge in [0.2, 0.25) is 23.6 Å². The number of para-hydroxylation sites is 1. The molecule has 2 saturated heterocycles. The lowest BCUT2D eigenvalue weighted by Crippen LogP contribution is -2.60. The minimum Gasteiger partial charge on any atom is -0.381 e. The van der Waals surface area contributed by atoms with E-state index in [1.54, 1.807) is 0 Å². The third-order valence-corrected chi connectivity index (χ3v) is 9.23. The molecular weight excluding hydrogens is 620 g/mol. The number of hydrogen-bond donors (Lipinski definition) is 6. The van der Waals surface area contributed by atoms with Crippen molar-refractivity contribution in [3.8, 4) is 0 Å². The molecule has 4 aromatic rings. The van der Waals surface area contributed by atoms with Crippen molar-refractivity contribution >= 4 is 34.5 Å². The molecule has 1 aromatic heterocycles. The van der Waals surface area contributed by atoms with Gasteiger partial charge in [-0.05, 0) is 42.0 Å². The fourth-order valence-corrected chi connectivity index (χ4v) is 6.58. The van der Waals surface area contributed by atoms with Crippen LogP contribution in [-0.2, 0) is 43.2 Å². The van der Waals surface area contributed by atoms with Crippen LogP contribution < -0.4 is 26.6 Å². The predicted octanol–water partition coefficient (Wildman–Crippen LogP) is 2.31. The van der Waals surface area contributed by atoms with Crippen LogP contribution in [0.15, 0.2) is 91.1 Å². The number of fused-ring (bicyclic) bond motifs is 1. The highest BCUT2D eigenvalue weighted by Gasteiger charge is 2.33. The fourth-order valence-electron chi connectivity index (χ4n) is 6.58. The molecule has 6 rings (SSSR count). The molecule has 0 radical (unpaired) electrons. The van der Waals surface area contributed by atoms with E-state index in [-0.39, 0.29) is 43.7 Å². The molecule has 4 atom stereocenters. The summed E-state index contributed by atoms with van der Waals surface area (Å²) in [5.74, 6) is -1.65. The van der Waals surface area contributed by atoms with Crippen LogP contribution in [-0.4, -0.2) is 78.6 Å². The maximum Gasteiger partial charge on any atom is 0.243 e. The van der Waals surface area contributed by atoms with Crippen LogP contribution in [0.25, 0.3) is 10.9 Å². The van der Waals surface area contributed by atoms with E-state index >= 15 is 0 Å². The van der Waals surface area contributed by atoms with Crippen LogP contribution in [0.1, 0.15) is 36.0 Å². The first-order valence-corrected chi connectivity index (χ1v) is 17.1. The number of benzene rings is 3. The van der Waals surface area contributed by atoms with Gasteiger partial charge in [-0.25, -0.2) is 0 Å². The highest BCUT2D eigenvalue weighted by atomic mass is 16.5. The van der Waals surface area contributed by atoms with Crippen LogP contribution in [0.5, 0.6) is 0 Å². The summed E-state index contributed by atoms with van der Waals surface area (Å²) in [5.41, 5.74) is 3.61. The number of aromatic amines is 1. The minimum atomic E-state index is -1.03. The van der Waals surface area contributed by atoms with Gasteiger partial charge in [0.1, 0.15) is 12.1 Å². The first kappa shape index (κ1) is 33.9. The van der Waals surface area contributed by atoms with E-state index in [4.69, 9.17) is 4.74 Å². The number of carbonyl (C=O) groups excluding carboxylic acids is 4. The normalized spacial score (nSPS) is 23.2. The average molecular weight is 665 g/mol. The van der Waals surface area contributed by atoms with Crippen molar-refractivity contribution in [3.05, 3.63) is 108 Å². The van der Waals surface area contributed by atoms with Crippen molar-refractivity contribution in [1.29, 1.82) is 0 Å². The lowest BCUT2D eigenvalue weighted by Gasteiger charge is -2.30. The van der Waals surface area contributed by atoms with Gasteiger partial charge < -0.3 is 36.3 Å². The molecule has 0 spiro atoms. The van der Waals surface area contributed by atoms with Gasteiger partial charge in [0.05, 0.1) is 18.5 Å². The van der Waals surface area contributed by atoms with Gasteiger partial charge in [-0.15, -0.1) is 0 Å². The second-order valence-corrected chi connectivity index (χ2v) is 12.9. The standard InChI is InChI=1S/C38H44N6O5/c45-35-22-34(41-28-15-17-49-18-16-28)38(48)44-33(21-27-23-39-31-14-8-7-13-30(27)31)37(47)43-32(20-26-11-5-2-6-12-26)36(46)42-29(24-40-35)19-25-9-3-1-4-10-25/h1-14,23,28-29,32-34,39,41H,15-22,24H2,(H,40,45)(H,42,46)(H,43,47)(H,44,48)/t29-,32+,33+,34+/m1/s1. The molecule has 0 aliphatic carbocycles. The molecule has 0 saturated carbocycles. The maximum absolute atomic E-state index is 14.2. The molecule has 2 fully saturated rings. The van der Waals surface area contributed by atoms with Gasteiger partial charge in [0.15, 0.2) is 0 Å². The highest BCUT2D eigenvalue weighted by molar-refractivity contribution is 5.95. The Labute approximate surface area is 286 Å². The molecular formula is C38H44N6O5. The molecule has 6 N–H and O–H groups in total. The fraction of sp³-hybridized carbons (Fsp3) is 0.368. The monoisotopic (exact) mass is 664 g/mol. The summed E-state index contributed by atoms with van der Waals surface area (Å²) < 4.78 is 5.51. The second-order valence-electron chi connectivity index (χ2n) is 12.9. The van der Waals surface area contributed by atoms with E-state index in [1.807, 2.05) is 91.1 Å². The van der Waals surface area contributed by atoms with Crippen LogP contribution >= 0.6 is 0 Å². The van der Waals surface area contributed by atoms with Crippen molar-refractivity contribution in [3.63, 3.8) is 0 Å². The molecule has 0 bridgehead atoms. The summed E-state index contributed by atoms with van der Waals surface area (Å²) in [6.07, 6.45) is 4.00. The number of rotatable bonds is 8. The lowest BCUT2D eigenvalue weighted by molar-refractivity contribution is -0.134. The molecule has 2 aliphatic heterocycles. The smallest absolute Gasteiger partial charge is 0.243 e. The zero-order valence-electron chi connectivity index (χ0n) is 27.5. The molecule has 11 nitrogen and oxygen atoms in total. The molecule has 11 heteroatoms. The van der Waals surface area contributed by atoms with Gasteiger partial charge in [-0.3, -0.25) is 19.2 Å². The summed E-state index contributed by atoms with van der Waals surface area (Å²) >= 11 is 0. The minimum absolute atomic E-state index is 0.0163.